The maximum Gasteiger partial charge on any atom is 0.273 e. The van der Waals surface area contributed by atoms with Crippen molar-refractivity contribution in [2.45, 2.75) is 6.92 Å². The first-order chi connectivity index (χ1) is 8.47. The fraction of sp³-hybridized carbons (Fsp3) is 0.417. The molecule has 1 aromatic rings. The van der Waals surface area contributed by atoms with Gasteiger partial charge in [0.1, 0.15) is 0 Å². The Morgan fingerprint density at radius 1 is 1.56 bits per heavy atom. The number of benzene rings is 1. The van der Waals surface area contributed by atoms with Gasteiger partial charge in [-0.15, -0.1) is 0 Å². The van der Waals surface area contributed by atoms with E-state index in [1.165, 1.54) is 12.1 Å². The van der Waals surface area contributed by atoms with Crippen LogP contribution in [0, 0.1) is 27.4 Å². The number of rotatable bonds is 5. The highest BCUT2D eigenvalue weighted by Gasteiger charge is 2.13. The predicted molar refractivity (Wildman–Crippen MR) is 70.7 cm³/mol. The Morgan fingerprint density at radius 3 is 2.72 bits per heavy atom. The van der Waals surface area contributed by atoms with Crippen molar-refractivity contribution >= 4 is 17.1 Å². The van der Waals surface area contributed by atoms with Crippen LogP contribution in [0.1, 0.15) is 6.92 Å². The zero-order chi connectivity index (χ0) is 13.7. The van der Waals surface area contributed by atoms with Gasteiger partial charge < -0.3 is 10.2 Å². The van der Waals surface area contributed by atoms with Crippen LogP contribution in [0.5, 0.6) is 0 Å². The molecule has 0 amide bonds. The smallest absolute Gasteiger partial charge is 0.273 e. The van der Waals surface area contributed by atoms with Gasteiger partial charge in [0.2, 0.25) is 0 Å². The number of hydrogen-bond acceptors (Lipinski definition) is 5. The maximum atomic E-state index is 10.8. The molecule has 0 heterocycles. The van der Waals surface area contributed by atoms with Crippen LogP contribution in [0.3, 0.4) is 0 Å². The molecule has 6 heteroatoms. The highest BCUT2D eigenvalue weighted by molar-refractivity contribution is 5.64. The van der Waals surface area contributed by atoms with Gasteiger partial charge in [-0.3, -0.25) is 10.1 Å². The number of nitrogens with one attached hydrogen (secondary N) is 1. The molecule has 0 fully saturated rings. The van der Waals surface area contributed by atoms with Gasteiger partial charge in [-0.2, -0.15) is 5.26 Å². The summed E-state index contributed by atoms with van der Waals surface area (Å²) in [6.07, 6.45) is 0. The van der Waals surface area contributed by atoms with E-state index < -0.39 is 4.92 Å². The van der Waals surface area contributed by atoms with Crippen molar-refractivity contribution in [3.8, 4) is 6.07 Å². The lowest BCUT2D eigenvalue weighted by Crippen LogP contribution is -2.23. The molecule has 0 aliphatic heterocycles. The molecule has 0 saturated carbocycles. The first kappa shape index (κ1) is 13.8. The molecule has 0 aromatic heterocycles. The molecule has 0 bridgehead atoms. The Kier molecular flexibility index (Phi) is 4.49. The van der Waals surface area contributed by atoms with Crippen LogP contribution in [0.4, 0.5) is 17.1 Å². The second-order valence-electron chi connectivity index (χ2n) is 4.16. The average molecular weight is 248 g/mol. The van der Waals surface area contributed by atoms with Gasteiger partial charge in [0.15, 0.2) is 0 Å². The zero-order valence-corrected chi connectivity index (χ0v) is 10.7. The largest absolute Gasteiger partial charge is 0.388 e. The fourth-order valence-corrected chi connectivity index (χ4v) is 1.62. The van der Waals surface area contributed by atoms with E-state index in [0.717, 1.165) is 5.69 Å². The van der Waals surface area contributed by atoms with Crippen molar-refractivity contribution in [3.05, 3.63) is 28.3 Å². The van der Waals surface area contributed by atoms with Crippen molar-refractivity contribution in [1.29, 1.82) is 5.26 Å². The molecule has 96 valence electrons. The summed E-state index contributed by atoms with van der Waals surface area (Å²) in [5.41, 5.74) is 1.43. The van der Waals surface area contributed by atoms with E-state index in [0.29, 0.717) is 12.2 Å². The lowest BCUT2D eigenvalue weighted by Gasteiger charge is -2.21. The molecule has 6 nitrogen and oxygen atoms in total. The lowest BCUT2D eigenvalue weighted by atomic mass is 10.1. The topological polar surface area (TPSA) is 82.2 Å². The second kappa shape index (κ2) is 5.87. The molecule has 0 spiro atoms. The minimum Gasteiger partial charge on any atom is -0.388 e. The van der Waals surface area contributed by atoms with Crippen LogP contribution < -0.4 is 10.2 Å². The highest BCUT2D eigenvalue weighted by Crippen LogP contribution is 2.26. The normalized spacial score (nSPS) is 11.4. The minimum atomic E-state index is -0.425. The number of nitro benzene ring substituents is 1. The molecule has 1 unspecified atom stereocenters. The number of anilines is 2. The Bertz CT molecular complexity index is 481. The van der Waals surface area contributed by atoms with E-state index in [9.17, 15) is 10.1 Å². The Labute approximate surface area is 106 Å². The third kappa shape index (κ3) is 3.35. The van der Waals surface area contributed by atoms with Crippen molar-refractivity contribution in [3.63, 3.8) is 0 Å². The van der Waals surface area contributed by atoms with E-state index in [4.69, 9.17) is 5.26 Å². The first-order valence-corrected chi connectivity index (χ1v) is 5.56. The number of nitro groups is 1. The standard InChI is InChI=1S/C12H16N4O2/c1-9(7-13)8-15(3)11-4-10(14-2)5-12(6-11)16(17)18/h4-6,9,14H,8H2,1-3H3. The minimum absolute atomic E-state index is 0.0355. The molecule has 1 atom stereocenters. The summed E-state index contributed by atoms with van der Waals surface area (Å²) in [6, 6.07) is 6.94. The van der Waals surface area contributed by atoms with Crippen LogP contribution in [0.2, 0.25) is 0 Å². The van der Waals surface area contributed by atoms with Crippen LogP contribution in [-0.4, -0.2) is 25.6 Å². The summed E-state index contributed by atoms with van der Waals surface area (Å²) >= 11 is 0. The Morgan fingerprint density at radius 2 is 2.22 bits per heavy atom. The molecular weight excluding hydrogens is 232 g/mol. The molecule has 1 aromatic carbocycles. The number of hydrogen-bond donors (Lipinski definition) is 1. The Balaban J connectivity index is 3.04. The van der Waals surface area contributed by atoms with Gasteiger partial charge in [0.05, 0.1) is 16.9 Å². The van der Waals surface area contributed by atoms with Gasteiger partial charge >= 0.3 is 0 Å². The molecule has 18 heavy (non-hydrogen) atoms. The van der Waals surface area contributed by atoms with Crippen LogP contribution in [0.25, 0.3) is 0 Å². The molecule has 1 rings (SSSR count). The van der Waals surface area contributed by atoms with E-state index in [-0.39, 0.29) is 11.6 Å². The van der Waals surface area contributed by atoms with Gasteiger partial charge in [-0.25, -0.2) is 0 Å². The molecule has 1 N–H and O–H groups in total. The molecule has 0 radical (unpaired) electrons. The van der Waals surface area contributed by atoms with Gasteiger partial charge in [-0.1, -0.05) is 0 Å². The summed E-state index contributed by atoms with van der Waals surface area (Å²) in [6.45, 7) is 2.34. The van der Waals surface area contributed by atoms with Crippen molar-refractivity contribution in [2.75, 3.05) is 30.9 Å². The van der Waals surface area contributed by atoms with Crippen molar-refractivity contribution < 1.29 is 4.92 Å². The average Bonchev–Trinajstić information content (AvgIpc) is 2.37. The maximum absolute atomic E-state index is 10.8. The second-order valence-corrected chi connectivity index (χ2v) is 4.16. The number of nitriles is 1. The first-order valence-electron chi connectivity index (χ1n) is 5.56. The van der Waals surface area contributed by atoms with Crippen LogP contribution in [0.15, 0.2) is 18.2 Å². The van der Waals surface area contributed by atoms with E-state index in [1.807, 2.05) is 24.9 Å². The summed E-state index contributed by atoms with van der Waals surface area (Å²) < 4.78 is 0. The molecular formula is C12H16N4O2. The van der Waals surface area contributed by atoms with E-state index >= 15 is 0 Å². The third-order valence-electron chi connectivity index (χ3n) is 2.61. The molecule has 0 aliphatic carbocycles. The Hall–Kier alpha value is -2.29. The third-order valence-corrected chi connectivity index (χ3v) is 2.61. The molecule has 0 saturated heterocycles. The SMILES string of the molecule is CNc1cc(N(C)CC(C)C#N)cc([N+](=O)[O-])c1. The lowest BCUT2D eigenvalue weighted by molar-refractivity contribution is -0.384. The van der Waals surface area contributed by atoms with Crippen molar-refractivity contribution in [1.82, 2.24) is 0 Å². The fourth-order valence-electron chi connectivity index (χ4n) is 1.62. The summed E-state index contributed by atoms with van der Waals surface area (Å²) in [5.74, 6) is -0.132. The van der Waals surface area contributed by atoms with E-state index in [2.05, 4.69) is 11.4 Å². The highest BCUT2D eigenvalue weighted by atomic mass is 16.6. The van der Waals surface area contributed by atoms with Gasteiger partial charge in [0.25, 0.3) is 5.69 Å². The zero-order valence-electron chi connectivity index (χ0n) is 10.7. The van der Waals surface area contributed by atoms with Gasteiger partial charge in [-0.05, 0) is 13.0 Å². The summed E-state index contributed by atoms with van der Waals surface area (Å²) in [5, 5.41) is 22.5. The van der Waals surface area contributed by atoms with Gasteiger partial charge in [0, 0.05) is 44.1 Å². The number of nitrogens with zero attached hydrogens (tertiary/aromatic N) is 3. The van der Waals surface area contributed by atoms with Crippen LogP contribution >= 0.6 is 0 Å². The summed E-state index contributed by atoms with van der Waals surface area (Å²) in [4.78, 5) is 12.2. The van der Waals surface area contributed by atoms with E-state index in [1.54, 1.807) is 7.05 Å². The monoisotopic (exact) mass is 248 g/mol. The molecule has 0 aliphatic rings. The van der Waals surface area contributed by atoms with Crippen molar-refractivity contribution in [2.24, 2.45) is 5.92 Å². The predicted octanol–water partition coefficient (Wildman–Crippen LogP) is 2.23. The number of non-ortho nitro benzene ring substituents is 1. The summed E-state index contributed by atoms with van der Waals surface area (Å²) in [7, 11) is 3.52. The van der Waals surface area contributed by atoms with Crippen LogP contribution in [-0.2, 0) is 0 Å². The quantitative estimate of drug-likeness (QED) is 0.638.